The number of hydrogen-bond acceptors (Lipinski definition) is 4. The van der Waals surface area contributed by atoms with Crippen LogP contribution in [0.4, 0.5) is 0 Å². The van der Waals surface area contributed by atoms with Crippen molar-refractivity contribution in [3.63, 3.8) is 0 Å². The zero-order valence-electron chi connectivity index (χ0n) is 11.2. The molecule has 4 nitrogen and oxygen atoms in total. The van der Waals surface area contributed by atoms with Gasteiger partial charge in [0.25, 0.3) is 0 Å². The molecule has 104 valence electrons. The van der Waals surface area contributed by atoms with Crippen LogP contribution >= 0.6 is 15.9 Å². The summed E-state index contributed by atoms with van der Waals surface area (Å²) >= 11 is 3.36. The average molecular weight is 329 g/mol. The van der Waals surface area contributed by atoms with Crippen LogP contribution in [-0.4, -0.2) is 25.3 Å². The molecule has 1 saturated heterocycles. The van der Waals surface area contributed by atoms with Crippen molar-refractivity contribution < 1.29 is 19.0 Å². The Labute approximate surface area is 121 Å². The van der Waals surface area contributed by atoms with Gasteiger partial charge in [0.2, 0.25) is 0 Å². The molecule has 0 amide bonds. The highest BCUT2D eigenvalue weighted by molar-refractivity contribution is 9.10. The first-order valence-electron chi connectivity index (χ1n) is 6.21. The second kappa shape index (κ2) is 5.61. The molecule has 5 heteroatoms. The highest BCUT2D eigenvalue weighted by Gasteiger charge is 2.34. The van der Waals surface area contributed by atoms with Crippen molar-refractivity contribution >= 4 is 21.9 Å². The molecule has 1 heterocycles. The molecule has 1 aliphatic heterocycles. The third kappa shape index (κ3) is 3.16. The highest BCUT2D eigenvalue weighted by Crippen LogP contribution is 2.33. The number of halogens is 1. The monoisotopic (exact) mass is 328 g/mol. The molecular formula is C14H17BrO4. The molecule has 19 heavy (non-hydrogen) atoms. The van der Waals surface area contributed by atoms with Crippen LogP contribution in [0.25, 0.3) is 0 Å². The zero-order chi connectivity index (χ0) is 14.0. The summed E-state index contributed by atoms with van der Waals surface area (Å²) in [7, 11) is 0. The summed E-state index contributed by atoms with van der Waals surface area (Å²) in [5.41, 5.74) is 1.29. The fraction of sp³-hybridized carbons (Fsp3) is 0.500. The van der Waals surface area contributed by atoms with Gasteiger partial charge < -0.3 is 14.2 Å². The predicted molar refractivity (Wildman–Crippen MR) is 73.9 cm³/mol. The molecule has 2 rings (SSSR count). The van der Waals surface area contributed by atoms with E-state index in [1.807, 2.05) is 32.9 Å². The summed E-state index contributed by atoms with van der Waals surface area (Å²) in [5, 5.41) is 0. The van der Waals surface area contributed by atoms with Crippen molar-refractivity contribution in [1.29, 1.82) is 0 Å². The quantitative estimate of drug-likeness (QED) is 0.799. The Morgan fingerprint density at radius 3 is 2.58 bits per heavy atom. The maximum Gasteiger partial charge on any atom is 0.339 e. The lowest BCUT2D eigenvalue weighted by atomic mass is 10.0. The first kappa shape index (κ1) is 14.5. The van der Waals surface area contributed by atoms with Crippen molar-refractivity contribution in [1.82, 2.24) is 0 Å². The van der Waals surface area contributed by atoms with Crippen molar-refractivity contribution in [3.8, 4) is 0 Å². The van der Waals surface area contributed by atoms with Gasteiger partial charge in [0.1, 0.15) is 0 Å². The van der Waals surface area contributed by atoms with Gasteiger partial charge in [0.15, 0.2) is 5.79 Å². The third-order valence-corrected chi connectivity index (χ3v) is 3.58. The van der Waals surface area contributed by atoms with E-state index in [9.17, 15) is 4.79 Å². The average Bonchev–Trinajstić information content (AvgIpc) is 2.76. The standard InChI is InChI=1S/C14H17BrO4/c1-9(2)19-13(16)11-8-10(4-5-12(11)15)14(3)17-6-7-18-14/h4-5,8-9H,6-7H2,1-3H3. The molecule has 1 aromatic rings. The summed E-state index contributed by atoms with van der Waals surface area (Å²) in [6.45, 7) is 6.60. The summed E-state index contributed by atoms with van der Waals surface area (Å²) in [6.07, 6.45) is -0.155. The van der Waals surface area contributed by atoms with E-state index in [-0.39, 0.29) is 12.1 Å². The van der Waals surface area contributed by atoms with Crippen LogP contribution in [0.3, 0.4) is 0 Å². The van der Waals surface area contributed by atoms with Crippen LogP contribution < -0.4 is 0 Å². The molecule has 0 unspecified atom stereocenters. The van der Waals surface area contributed by atoms with E-state index >= 15 is 0 Å². The molecule has 0 aliphatic carbocycles. The molecule has 1 aromatic carbocycles. The number of ether oxygens (including phenoxy) is 3. The van der Waals surface area contributed by atoms with Gasteiger partial charge in [-0.25, -0.2) is 4.79 Å². The normalized spacial score (nSPS) is 17.7. The Kier molecular flexibility index (Phi) is 4.28. The van der Waals surface area contributed by atoms with Crippen LogP contribution in [0, 0.1) is 0 Å². The van der Waals surface area contributed by atoms with Gasteiger partial charge in [-0.2, -0.15) is 0 Å². The molecule has 0 N–H and O–H groups in total. The van der Waals surface area contributed by atoms with Crippen molar-refractivity contribution in [2.24, 2.45) is 0 Å². The molecule has 1 aliphatic rings. The van der Waals surface area contributed by atoms with Crippen LogP contribution in [-0.2, 0) is 20.0 Å². The number of hydrogen-bond donors (Lipinski definition) is 0. The first-order chi connectivity index (χ1) is 8.92. The van der Waals surface area contributed by atoms with Gasteiger partial charge >= 0.3 is 5.97 Å². The van der Waals surface area contributed by atoms with Gasteiger partial charge in [-0.3, -0.25) is 0 Å². The lowest BCUT2D eigenvalue weighted by Crippen LogP contribution is -2.23. The SMILES string of the molecule is CC(C)OC(=O)c1cc(C2(C)OCCO2)ccc1Br. The molecule has 0 atom stereocenters. The van der Waals surface area contributed by atoms with E-state index in [2.05, 4.69) is 15.9 Å². The summed E-state index contributed by atoms with van der Waals surface area (Å²) < 4.78 is 17.1. The molecular weight excluding hydrogens is 312 g/mol. The minimum Gasteiger partial charge on any atom is -0.459 e. The molecule has 0 radical (unpaired) electrons. The van der Waals surface area contributed by atoms with Crippen LogP contribution in [0.1, 0.15) is 36.7 Å². The minimum absolute atomic E-state index is 0.155. The van der Waals surface area contributed by atoms with Crippen molar-refractivity contribution in [2.45, 2.75) is 32.7 Å². The van der Waals surface area contributed by atoms with Gasteiger partial charge in [0, 0.05) is 10.0 Å². The Morgan fingerprint density at radius 1 is 1.37 bits per heavy atom. The number of esters is 1. The van der Waals surface area contributed by atoms with Crippen LogP contribution in [0.5, 0.6) is 0 Å². The van der Waals surface area contributed by atoms with Gasteiger partial charge in [-0.15, -0.1) is 0 Å². The minimum atomic E-state index is -0.784. The summed E-state index contributed by atoms with van der Waals surface area (Å²) in [6, 6.07) is 5.43. The van der Waals surface area contributed by atoms with Crippen LogP contribution in [0.15, 0.2) is 22.7 Å². The summed E-state index contributed by atoms with van der Waals surface area (Å²) in [4.78, 5) is 12.0. The molecule has 0 aromatic heterocycles. The second-order valence-electron chi connectivity index (χ2n) is 4.79. The van der Waals surface area contributed by atoms with E-state index < -0.39 is 5.79 Å². The van der Waals surface area contributed by atoms with E-state index in [4.69, 9.17) is 14.2 Å². The van der Waals surface area contributed by atoms with Crippen molar-refractivity contribution in [3.05, 3.63) is 33.8 Å². The topological polar surface area (TPSA) is 44.8 Å². The molecule has 0 spiro atoms. The van der Waals surface area contributed by atoms with Gasteiger partial charge in [-0.05, 0) is 48.8 Å². The lowest BCUT2D eigenvalue weighted by molar-refractivity contribution is -0.149. The number of carbonyl (C=O) groups excluding carboxylic acids is 1. The maximum atomic E-state index is 12.0. The zero-order valence-corrected chi connectivity index (χ0v) is 12.8. The second-order valence-corrected chi connectivity index (χ2v) is 5.65. The van der Waals surface area contributed by atoms with Gasteiger partial charge in [-0.1, -0.05) is 6.07 Å². The number of rotatable bonds is 3. The maximum absolute atomic E-state index is 12.0. The lowest BCUT2D eigenvalue weighted by Gasteiger charge is -2.23. The third-order valence-electron chi connectivity index (χ3n) is 2.89. The molecule has 0 saturated carbocycles. The highest BCUT2D eigenvalue weighted by atomic mass is 79.9. The van der Waals surface area contributed by atoms with Crippen LogP contribution in [0.2, 0.25) is 0 Å². The fourth-order valence-electron chi connectivity index (χ4n) is 1.92. The van der Waals surface area contributed by atoms with E-state index in [1.54, 1.807) is 6.07 Å². The molecule has 0 bridgehead atoms. The number of carbonyl (C=O) groups is 1. The van der Waals surface area contributed by atoms with Crippen molar-refractivity contribution in [2.75, 3.05) is 13.2 Å². The predicted octanol–water partition coefficient (Wildman–Crippen LogP) is 3.23. The van der Waals surface area contributed by atoms with E-state index in [0.717, 1.165) is 5.56 Å². The van der Waals surface area contributed by atoms with E-state index in [1.165, 1.54) is 0 Å². The fourth-order valence-corrected chi connectivity index (χ4v) is 2.33. The Bertz CT molecular complexity index is 478. The number of benzene rings is 1. The van der Waals surface area contributed by atoms with E-state index in [0.29, 0.717) is 23.2 Å². The summed E-state index contributed by atoms with van der Waals surface area (Å²) in [5.74, 6) is -1.14. The van der Waals surface area contributed by atoms with Gasteiger partial charge in [0.05, 0.1) is 24.9 Å². The smallest absolute Gasteiger partial charge is 0.339 e. The largest absolute Gasteiger partial charge is 0.459 e. The first-order valence-corrected chi connectivity index (χ1v) is 7.00. The molecule has 1 fully saturated rings. The Morgan fingerprint density at radius 2 is 2.00 bits per heavy atom. The Hall–Kier alpha value is -0.910. The Balaban J connectivity index is 2.32.